The van der Waals surface area contributed by atoms with E-state index in [1.807, 2.05) is 19.9 Å². The van der Waals surface area contributed by atoms with Crippen molar-refractivity contribution in [3.63, 3.8) is 0 Å². The molecule has 3 amide bonds. The molecule has 2 aliphatic heterocycles. The van der Waals surface area contributed by atoms with Crippen molar-refractivity contribution >= 4 is 41.0 Å². The maximum atomic E-state index is 13.4. The smallest absolute Gasteiger partial charge is 0.405 e. The third-order valence-electron chi connectivity index (χ3n) is 8.06. The molecule has 12 nitrogen and oxygen atoms in total. The van der Waals surface area contributed by atoms with Gasteiger partial charge in [-0.15, -0.1) is 11.8 Å². The number of aromatic hydroxyl groups is 1. The van der Waals surface area contributed by atoms with Gasteiger partial charge < -0.3 is 45.5 Å². The van der Waals surface area contributed by atoms with Crippen molar-refractivity contribution in [2.45, 2.75) is 82.7 Å². The number of aliphatic hydroxyl groups is 1. The highest BCUT2D eigenvalue weighted by molar-refractivity contribution is 8.00. The number of hydrogen-bond donors (Lipinski definition) is 5. The van der Waals surface area contributed by atoms with Gasteiger partial charge in [0.05, 0.1) is 47.4 Å². The number of carbonyl (C=O) groups is 3. The third-order valence-corrected chi connectivity index (χ3v) is 9.16. The Bertz CT molecular complexity index is 1300. The standard InChI is InChI=1S/C31H45N3O9S/c1-15-11-19-26(37)23(29-24(28(19)42-7)33-22(35)14-44-29)34-30(38)16(2)9-8-10-20(40-5)27(43-31(32)39)18(4)13-17(3)25(36)21(12-15)41-6/h9,13,15,17,20-21,25,27,36-37H,8,10-12,14H2,1-7H3,(H2,32,39)(H,33,35)(H,34,38)/b16-9+,18-13+/t15-,17+,20+,21+,25-,27+/m1/s1. The molecule has 13 heteroatoms. The van der Waals surface area contributed by atoms with Gasteiger partial charge in [-0.2, -0.15) is 0 Å². The number of anilines is 2. The molecule has 1 aromatic rings. The Morgan fingerprint density at radius 2 is 1.75 bits per heavy atom. The highest BCUT2D eigenvalue weighted by atomic mass is 32.2. The summed E-state index contributed by atoms with van der Waals surface area (Å²) in [7, 11) is 4.48. The largest absolute Gasteiger partial charge is 0.505 e. The average molecular weight is 636 g/mol. The molecule has 6 atom stereocenters. The summed E-state index contributed by atoms with van der Waals surface area (Å²) < 4.78 is 22.5. The molecular weight excluding hydrogens is 590 g/mol. The predicted octanol–water partition coefficient (Wildman–Crippen LogP) is 4.13. The number of phenolic OH excluding ortho intramolecular Hbond substituents is 1. The van der Waals surface area contributed by atoms with Crippen LogP contribution in [0.15, 0.2) is 28.2 Å². The number of hydrogen-bond acceptors (Lipinski definition) is 10. The van der Waals surface area contributed by atoms with Gasteiger partial charge in [-0.05, 0) is 51.0 Å². The number of aliphatic hydroxyl groups excluding tert-OH is 1. The normalized spacial score (nSPS) is 29.6. The first kappa shape index (κ1) is 35.2. The lowest BCUT2D eigenvalue weighted by Gasteiger charge is -2.30. The molecule has 2 aliphatic rings. The van der Waals surface area contributed by atoms with Gasteiger partial charge in [-0.1, -0.05) is 26.0 Å². The second kappa shape index (κ2) is 15.6. The lowest BCUT2D eigenvalue weighted by atomic mass is 9.87. The number of nitrogens with two attached hydrogens (primary N) is 1. The average Bonchev–Trinajstić information content (AvgIpc) is 2.98. The molecule has 3 rings (SSSR count). The summed E-state index contributed by atoms with van der Waals surface area (Å²) >= 11 is 1.20. The Hall–Kier alpha value is -3.26. The molecule has 2 heterocycles. The van der Waals surface area contributed by atoms with E-state index in [4.69, 9.17) is 24.7 Å². The molecule has 0 fully saturated rings. The number of nitrogens with one attached hydrogen (secondary N) is 2. The molecule has 0 unspecified atom stereocenters. The van der Waals surface area contributed by atoms with Crippen molar-refractivity contribution in [3.8, 4) is 11.5 Å². The monoisotopic (exact) mass is 635 g/mol. The number of benzene rings is 1. The number of allylic oxidation sites excluding steroid dienone is 1. The molecule has 244 valence electrons. The minimum Gasteiger partial charge on any atom is -0.505 e. The van der Waals surface area contributed by atoms with Crippen LogP contribution in [0.3, 0.4) is 0 Å². The topological polar surface area (TPSA) is 179 Å². The van der Waals surface area contributed by atoms with Crippen LogP contribution < -0.4 is 21.1 Å². The molecule has 1 aromatic carbocycles. The molecule has 0 saturated carbocycles. The van der Waals surface area contributed by atoms with Gasteiger partial charge in [0.25, 0.3) is 5.91 Å². The number of methoxy groups -OCH3 is 3. The summed E-state index contributed by atoms with van der Waals surface area (Å²) in [5, 5.41) is 28.6. The van der Waals surface area contributed by atoms with Gasteiger partial charge >= 0.3 is 6.09 Å². The summed E-state index contributed by atoms with van der Waals surface area (Å²) in [6.45, 7) is 7.22. The van der Waals surface area contributed by atoms with E-state index in [2.05, 4.69) is 10.6 Å². The highest BCUT2D eigenvalue weighted by Crippen LogP contribution is 2.52. The first-order valence-electron chi connectivity index (χ1n) is 14.6. The number of primary amides is 1. The van der Waals surface area contributed by atoms with Crippen LogP contribution in [0.4, 0.5) is 16.2 Å². The summed E-state index contributed by atoms with van der Waals surface area (Å²) in [6, 6.07) is 0. The van der Waals surface area contributed by atoms with E-state index < -0.39 is 42.3 Å². The molecule has 6 N–H and O–H groups in total. The SMILES string of the molecule is COc1c2c(O)c(c3c1NC(=O)CS3)NC(=O)/C(C)=C/CC[C@H](OC)[C@@H](OC(N)=O)/C(C)=C/[C@H](C)[C@@H](O)[C@@H](OC)C[C@H](C)C2. The number of thioether (sulfide) groups is 1. The number of carbonyl (C=O) groups excluding carboxylic acids is 3. The van der Waals surface area contributed by atoms with Gasteiger partial charge in [0, 0.05) is 31.3 Å². The van der Waals surface area contributed by atoms with Gasteiger partial charge in [0.2, 0.25) is 5.91 Å². The van der Waals surface area contributed by atoms with Crippen LogP contribution in [-0.2, 0) is 30.2 Å². The minimum absolute atomic E-state index is 0.106. The van der Waals surface area contributed by atoms with Crippen LogP contribution in [0.5, 0.6) is 11.5 Å². The van der Waals surface area contributed by atoms with Gasteiger partial charge in [-0.25, -0.2) is 4.79 Å². The number of phenols is 1. The van der Waals surface area contributed by atoms with Crippen LogP contribution in [0.25, 0.3) is 0 Å². The zero-order valence-electron chi connectivity index (χ0n) is 26.4. The van der Waals surface area contributed by atoms with Gasteiger partial charge in [-0.3, -0.25) is 9.59 Å². The Morgan fingerprint density at radius 1 is 1.07 bits per heavy atom. The van der Waals surface area contributed by atoms with Crippen molar-refractivity contribution in [1.29, 1.82) is 0 Å². The summed E-state index contributed by atoms with van der Waals surface area (Å²) in [5.41, 5.74) is 7.42. The zero-order valence-corrected chi connectivity index (χ0v) is 27.2. The molecule has 0 aliphatic carbocycles. The second-order valence-corrected chi connectivity index (χ2v) is 12.4. The van der Waals surface area contributed by atoms with Crippen molar-refractivity contribution < 1.29 is 43.5 Å². The van der Waals surface area contributed by atoms with Crippen LogP contribution in [0.2, 0.25) is 0 Å². The number of amides is 3. The minimum atomic E-state index is -0.958. The van der Waals surface area contributed by atoms with E-state index in [-0.39, 0.29) is 29.0 Å². The predicted molar refractivity (Wildman–Crippen MR) is 168 cm³/mol. The molecular formula is C31H45N3O9S. The number of fused-ring (bicyclic) bond motifs is 4. The molecule has 44 heavy (non-hydrogen) atoms. The van der Waals surface area contributed by atoms with E-state index in [9.17, 15) is 24.6 Å². The Labute approximate surface area is 262 Å². The lowest BCUT2D eigenvalue weighted by molar-refractivity contribution is -0.114. The first-order valence-corrected chi connectivity index (χ1v) is 15.6. The Balaban J connectivity index is 2.14. The van der Waals surface area contributed by atoms with E-state index in [0.29, 0.717) is 58.7 Å². The quantitative estimate of drug-likeness (QED) is 0.184. The fraction of sp³-hybridized carbons (Fsp3) is 0.581. The van der Waals surface area contributed by atoms with Gasteiger partial charge in [0.15, 0.2) is 11.9 Å². The van der Waals surface area contributed by atoms with Crippen LogP contribution in [0, 0.1) is 11.8 Å². The summed E-state index contributed by atoms with van der Waals surface area (Å²) in [4.78, 5) is 38.0. The first-order chi connectivity index (χ1) is 20.8. The fourth-order valence-electron chi connectivity index (χ4n) is 5.75. The summed E-state index contributed by atoms with van der Waals surface area (Å²) in [5.74, 6) is -0.942. The molecule has 2 bridgehead atoms. The van der Waals surface area contributed by atoms with Crippen molar-refractivity contribution in [2.75, 3.05) is 37.7 Å². The van der Waals surface area contributed by atoms with E-state index >= 15 is 0 Å². The van der Waals surface area contributed by atoms with Gasteiger partial charge in [0.1, 0.15) is 5.75 Å². The molecule has 0 aromatic heterocycles. The van der Waals surface area contributed by atoms with Crippen LogP contribution in [-0.4, -0.2) is 79.6 Å². The molecule has 0 saturated heterocycles. The number of rotatable bonds is 4. The lowest BCUT2D eigenvalue weighted by Crippen LogP contribution is -2.37. The van der Waals surface area contributed by atoms with E-state index in [1.165, 1.54) is 33.1 Å². The van der Waals surface area contributed by atoms with Crippen LogP contribution in [0.1, 0.15) is 52.5 Å². The van der Waals surface area contributed by atoms with Crippen molar-refractivity contribution in [2.24, 2.45) is 17.6 Å². The highest BCUT2D eigenvalue weighted by Gasteiger charge is 2.33. The maximum absolute atomic E-state index is 13.4. The Kier molecular flexibility index (Phi) is 12.5. The van der Waals surface area contributed by atoms with Crippen molar-refractivity contribution in [3.05, 3.63) is 28.9 Å². The zero-order chi connectivity index (χ0) is 32.7. The third kappa shape index (κ3) is 8.26. The van der Waals surface area contributed by atoms with Crippen LogP contribution >= 0.6 is 11.8 Å². The fourth-order valence-corrected chi connectivity index (χ4v) is 6.67. The van der Waals surface area contributed by atoms with Crippen molar-refractivity contribution in [1.82, 2.24) is 0 Å². The molecule has 0 radical (unpaired) electrons. The molecule has 0 spiro atoms. The van der Waals surface area contributed by atoms with E-state index in [1.54, 1.807) is 19.9 Å². The van der Waals surface area contributed by atoms with E-state index in [0.717, 1.165) is 0 Å². The maximum Gasteiger partial charge on any atom is 0.405 e. The summed E-state index contributed by atoms with van der Waals surface area (Å²) in [6.07, 6.45) is 1.14. The number of ether oxygens (including phenoxy) is 4. The second-order valence-electron chi connectivity index (χ2n) is 11.4. The Morgan fingerprint density at radius 3 is 2.36 bits per heavy atom.